The number of benzene rings is 1. The van der Waals surface area contributed by atoms with Crippen molar-refractivity contribution in [3.8, 4) is 0 Å². The highest BCUT2D eigenvalue weighted by Gasteiger charge is 2.05. The van der Waals surface area contributed by atoms with Crippen LogP contribution >= 0.6 is 11.8 Å². The molecule has 5 heteroatoms. The number of halogens is 1. The maximum atomic E-state index is 12.6. The van der Waals surface area contributed by atoms with Gasteiger partial charge in [-0.1, -0.05) is 12.1 Å². The number of carbonyl (C=O) groups is 1. The van der Waals surface area contributed by atoms with E-state index >= 15 is 0 Å². The van der Waals surface area contributed by atoms with E-state index < -0.39 is 0 Å². The number of amides is 1. The zero-order valence-corrected chi connectivity index (χ0v) is 10.5. The minimum absolute atomic E-state index is 0.0611. The molecule has 0 saturated heterocycles. The molecule has 0 aliphatic heterocycles. The quantitative estimate of drug-likeness (QED) is 0.813. The zero-order valence-electron chi connectivity index (χ0n) is 9.65. The number of aliphatic hydroxyl groups is 1. The van der Waals surface area contributed by atoms with Gasteiger partial charge in [0.05, 0.1) is 12.4 Å². The Morgan fingerprint density at radius 1 is 1.47 bits per heavy atom. The average molecular weight is 257 g/mol. The van der Waals surface area contributed by atoms with Crippen LogP contribution in [0.5, 0.6) is 0 Å². The van der Waals surface area contributed by atoms with Gasteiger partial charge in [0.25, 0.3) is 0 Å². The lowest BCUT2D eigenvalue weighted by Gasteiger charge is -2.10. The molecule has 0 aliphatic rings. The Morgan fingerprint density at radius 2 is 2.12 bits per heavy atom. The fourth-order valence-electron chi connectivity index (χ4n) is 1.20. The predicted molar refractivity (Wildman–Crippen MR) is 67.3 cm³/mol. The van der Waals surface area contributed by atoms with Crippen LogP contribution in [0.1, 0.15) is 12.5 Å². The van der Waals surface area contributed by atoms with Gasteiger partial charge < -0.3 is 10.4 Å². The summed E-state index contributed by atoms with van der Waals surface area (Å²) in [5.41, 5.74) is 0.986. The summed E-state index contributed by atoms with van der Waals surface area (Å²) in [6.07, 6.45) is 0. The van der Waals surface area contributed by atoms with Crippen molar-refractivity contribution in [1.29, 1.82) is 0 Å². The van der Waals surface area contributed by atoms with E-state index in [0.717, 1.165) is 5.56 Å². The number of thioether (sulfide) groups is 1. The van der Waals surface area contributed by atoms with Gasteiger partial charge in [0, 0.05) is 11.8 Å². The Morgan fingerprint density at radius 3 is 2.71 bits per heavy atom. The SMILES string of the molecule is C[C@H](CO)NC(=O)CSCc1ccc(F)cc1. The highest BCUT2D eigenvalue weighted by Crippen LogP contribution is 2.12. The Hall–Kier alpha value is -1.07. The first kappa shape index (κ1) is 14.0. The van der Waals surface area contributed by atoms with E-state index in [4.69, 9.17) is 5.11 Å². The number of aliphatic hydroxyl groups excluding tert-OH is 1. The molecule has 0 heterocycles. The number of hydrogen-bond donors (Lipinski definition) is 2. The second kappa shape index (κ2) is 7.29. The largest absolute Gasteiger partial charge is 0.394 e. The molecule has 0 aliphatic carbocycles. The molecule has 0 aromatic heterocycles. The van der Waals surface area contributed by atoms with E-state index in [0.29, 0.717) is 11.5 Å². The Kier molecular flexibility index (Phi) is 6.00. The summed E-state index contributed by atoms with van der Waals surface area (Å²) in [6, 6.07) is 6.01. The van der Waals surface area contributed by atoms with Crippen molar-refractivity contribution in [2.75, 3.05) is 12.4 Å². The Balaban J connectivity index is 2.23. The van der Waals surface area contributed by atoms with Gasteiger partial charge in [0.15, 0.2) is 0 Å². The van der Waals surface area contributed by atoms with Gasteiger partial charge in [-0.15, -0.1) is 11.8 Å². The van der Waals surface area contributed by atoms with Crippen molar-refractivity contribution < 1.29 is 14.3 Å². The number of carbonyl (C=O) groups excluding carboxylic acids is 1. The first-order valence-corrected chi connectivity index (χ1v) is 6.49. The lowest BCUT2D eigenvalue weighted by Crippen LogP contribution is -2.36. The standard InChI is InChI=1S/C12H16FNO2S/c1-9(6-15)14-12(16)8-17-7-10-2-4-11(13)5-3-10/h2-5,9,15H,6-8H2,1H3,(H,14,16)/t9-/m1/s1. The van der Waals surface area contributed by atoms with Gasteiger partial charge in [-0.3, -0.25) is 4.79 Å². The van der Waals surface area contributed by atoms with Crippen molar-refractivity contribution in [2.45, 2.75) is 18.7 Å². The molecular weight excluding hydrogens is 241 g/mol. The molecule has 0 saturated carbocycles. The summed E-state index contributed by atoms with van der Waals surface area (Å²) in [7, 11) is 0. The second-order valence-corrected chi connectivity index (χ2v) is 4.76. The van der Waals surface area contributed by atoms with Crippen molar-refractivity contribution in [1.82, 2.24) is 5.32 Å². The van der Waals surface area contributed by atoms with Crippen LogP contribution in [-0.4, -0.2) is 29.4 Å². The lowest BCUT2D eigenvalue weighted by atomic mass is 10.2. The molecule has 1 rings (SSSR count). The van der Waals surface area contributed by atoms with E-state index in [1.54, 1.807) is 19.1 Å². The van der Waals surface area contributed by atoms with Gasteiger partial charge in [0.2, 0.25) is 5.91 Å². The molecule has 94 valence electrons. The first-order chi connectivity index (χ1) is 8.11. The van der Waals surface area contributed by atoms with Gasteiger partial charge >= 0.3 is 0 Å². The lowest BCUT2D eigenvalue weighted by molar-refractivity contribution is -0.119. The van der Waals surface area contributed by atoms with E-state index in [1.807, 2.05) is 0 Å². The van der Waals surface area contributed by atoms with Crippen molar-refractivity contribution in [3.05, 3.63) is 35.6 Å². The second-order valence-electron chi connectivity index (χ2n) is 3.77. The summed E-state index contributed by atoms with van der Waals surface area (Å²) < 4.78 is 12.6. The van der Waals surface area contributed by atoms with Crippen LogP contribution in [0.2, 0.25) is 0 Å². The van der Waals surface area contributed by atoms with Crippen LogP contribution in [0.25, 0.3) is 0 Å². The number of nitrogens with one attached hydrogen (secondary N) is 1. The Bertz CT molecular complexity index is 356. The maximum absolute atomic E-state index is 12.6. The molecule has 0 fully saturated rings. The van der Waals surface area contributed by atoms with Crippen molar-refractivity contribution in [3.63, 3.8) is 0 Å². The fourth-order valence-corrected chi connectivity index (χ4v) is 2.00. The smallest absolute Gasteiger partial charge is 0.230 e. The minimum Gasteiger partial charge on any atom is -0.394 e. The third-order valence-electron chi connectivity index (χ3n) is 2.10. The summed E-state index contributed by atoms with van der Waals surface area (Å²) in [5, 5.41) is 11.4. The maximum Gasteiger partial charge on any atom is 0.230 e. The van der Waals surface area contributed by atoms with Crippen LogP contribution in [-0.2, 0) is 10.5 Å². The molecular formula is C12H16FNO2S. The summed E-state index contributed by atoms with van der Waals surface area (Å²) in [4.78, 5) is 11.4. The molecule has 1 aromatic carbocycles. The number of rotatable bonds is 6. The molecule has 0 bridgehead atoms. The summed E-state index contributed by atoms with van der Waals surface area (Å²) >= 11 is 1.46. The molecule has 1 aromatic rings. The van der Waals surface area contributed by atoms with Crippen LogP contribution in [0.4, 0.5) is 4.39 Å². The molecule has 1 atom stereocenters. The molecule has 0 unspecified atom stereocenters. The third kappa shape index (κ3) is 5.70. The normalized spacial score (nSPS) is 12.2. The topological polar surface area (TPSA) is 49.3 Å². The third-order valence-corrected chi connectivity index (χ3v) is 3.10. The summed E-state index contributed by atoms with van der Waals surface area (Å²) in [5.74, 6) is 0.648. The van der Waals surface area contributed by atoms with Crippen LogP contribution in [0, 0.1) is 5.82 Å². The van der Waals surface area contributed by atoms with Crippen LogP contribution in [0.3, 0.4) is 0 Å². The zero-order chi connectivity index (χ0) is 12.7. The molecule has 1 amide bonds. The van der Waals surface area contributed by atoms with E-state index in [-0.39, 0.29) is 24.4 Å². The van der Waals surface area contributed by atoms with Crippen molar-refractivity contribution >= 4 is 17.7 Å². The molecule has 0 spiro atoms. The molecule has 2 N–H and O–H groups in total. The van der Waals surface area contributed by atoms with Gasteiger partial charge in [-0.25, -0.2) is 4.39 Å². The predicted octanol–water partition coefficient (Wildman–Crippen LogP) is 1.56. The monoisotopic (exact) mass is 257 g/mol. The molecule has 3 nitrogen and oxygen atoms in total. The first-order valence-electron chi connectivity index (χ1n) is 5.34. The Labute approximate surface area is 104 Å². The molecule has 0 radical (unpaired) electrons. The van der Waals surface area contributed by atoms with Crippen molar-refractivity contribution in [2.24, 2.45) is 0 Å². The van der Waals surface area contributed by atoms with E-state index in [2.05, 4.69) is 5.32 Å². The van der Waals surface area contributed by atoms with Crippen LogP contribution in [0.15, 0.2) is 24.3 Å². The summed E-state index contributed by atoms with van der Waals surface area (Å²) in [6.45, 7) is 1.68. The van der Waals surface area contributed by atoms with E-state index in [9.17, 15) is 9.18 Å². The van der Waals surface area contributed by atoms with Crippen LogP contribution < -0.4 is 5.32 Å². The van der Waals surface area contributed by atoms with Gasteiger partial charge in [-0.2, -0.15) is 0 Å². The minimum atomic E-state index is -0.256. The fraction of sp³-hybridized carbons (Fsp3) is 0.417. The highest BCUT2D eigenvalue weighted by atomic mass is 32.2. The highest BCUT2D eigenvalue weighted by molar-refractivity contribution is 7.99. The molecule has 17 heavy (non-hydrogen) atoms. The average Bonchev–Trinajstić information content (AvgIpc) is 2.31. The number of hydrogen-bond acceptors (Lipinski definition) is 3. The van der Waals surface area contributed by atoms with Gasteiger partial charge in [0.1, 0.15) is 5.82 Å². The van der Waals surface area contributed by atoms with Gasteiger partial charge in [-0.05, 0) is 24.6 Å². The van der Waals surface area contributed by atoms with E-state index in [1.165, 1.54) is 23.9 Å².